The largest absolute Gasteiger partial charge is 0.398 e. The van der Waals surface area contributed by atoms with E-state index < -0.39 is 0 Å². The minimum absolute atomic E-state index is 0.553. The first-order chi connectivity index (χ1) is 9.58. The Morgan fingerprint density at radius 2 is 1.75 bits per heavy atom. The van der Waals surface area contributed by atoms with Crippen molar-refractivity contribution in [1.29, 1.82) is 0 Å². The number of hydrogen-bond acceptors (Lipinski definition) is 3. The summed E-state index contributed by atoms with van der Waals surface area (Å²) in [5.41, 5.74) is 13.4. The molecule has 1 aromatic rings. The number of benzene rings is 1. The van der Waals surface area contributed by atoms with Crippen molar-refractivity contribution in [2.45, 2.75) is 19.3 Å². The first kappa shape index (κ1) is 15.1. The molecule has 0 aromatic heterocycles. The third kappa shape index (κ3) is 3.84. The number of allylic oxidation sites excluding steroid dienone is 2. The van der Waals surface area contributed by atoms with E-state index in [2.05, 4.69) is 4.90 Å². The quantitative estimate of drug-likeness (QED) is 0.839. The maximum atomic E-state index is 6.11. The molecule has 1 aromatic carbocycles. The fourth-order valence-electron chi connectivity index (χ4n) is 2.24. The third-order valence-electron chi connectivity index (χ3n) is 3.39. The van der Waals surface area contributed by atoms with E-state index in [-0.39, 0.29) is 0 Å². The molecule has 4 N–H and O–H groups in total. The number of rotatable bonds is 3. The average molecular weight is 312 g/mol. The van der Waals surface area contributed by atoms with Crippen molar-refractivity contribution in [2.24, 2.45) is 11.5 Å². The van der Waals surface area contributed by atoms with Crippen LogP contribution in [0.4, 0.5) is 0 Å². The molecule has 2 rings (SSSR count). The van der Waals surface area contributed by atoms with Crippen LogP contribution >= 0.6 is 23.2 Å². The summed E-state index contributed by atoms with van der Waals surface area (Å²) < 4.78 is 0. The summed E-state index contributed by atoms with van der Waals surface area (Å²) in [7, 11) is 0. The number of hydrogen-bond donors (Lipinski definition) is 2. The Hall–Kier alpha value is -1.32. The van der Waals surface area contributed by atoms with E-state index >= 15 is 0 Å². The molecule has 0 radical (unpaired) electrons. The topological polar surface area (TPSA) is 55.3 Å². The zero-order valence-corrected chi connectivity index (χ0v) is 12.8. The Balaban J connectivity index is 2.15. The van der Waals surface area contributed by atoms with Crippen molar-refractivity contribution >= 4 is 28.9 Å². The summed E-state index contributed by atoms with van der Waals surface area (Å²) in [6.07, 6.45) is 7.26. The smallest absolute Gasteiger partial charge is 0.0987 e. The van der Waals surface area contributed by atoms with E-state index in [1.54, 1.807) is 24.3 Å². The van der Waals surface area contributed by atoms with E-state index in [1.807, 2.05) is 6.08 Å². The number of piperidine rings is 1. The van der Waals surface area contributed by atoms with Crippen LogP contribution in [0, 0.1) is 0 Å². The van der Waals surface area contributed by atoms with Gasteiger partial charge in [-0.15, -0.1) is 0 Å². The van der Waals surface area contributed by atoms with Crippen molar-refractivity contribution in [3.63, 3.8) is 0 Å². The molecule has 1 saturated heterocycles. The predicted molar refractivity (Wildman–Crippen MR) is 86.3 cm³/mol. The lowest BCUT2D eigenvalue weighted by molar-refractivity contribution is 0.282. The van der Waals surface area contributed by atoms with Crippen LogP contribution in [0.1, 0.15) is 24.8 Å². The summed E-state index contributed by atoms with van der Waals surface area (Å²) in [6, 6.07) is 5.22. The second-order valence-electron chi connectivity index (χ2n) is 4.89. The second-order valence-corrected chi connectivity index (χ2v) is 5.73. The van der Waals surface area contributed by atoms with Gasteiger partial charge in [0.25, 0.3) is 0 Å². The molecule has 1 aliphatic heterocycles. The summed E-state index contributed by atoms with van der Waals surface area (Å²) in [4.78, 5) is 2.17. The molecule has 1 fully saturated rings. The molecule has 0 aliphatic carbocycles. The maximum Gasteiger partial charge on any atom is 0.0987 e. The van der Waals surface area contributed by atoms with Crippen LogP contribution in [-0.2, 0) is 0 Å². The van der Waals surface area contributed by atoms with Gasteiger partial charge in [-0.2, -0.15) is 0 Å². The molecule has 1 heterocycles. The van der Waals surface area contributed by atoms with Crippen LogP contribution in [0.5, 0.6) is 0 Å². The van der Waals surface area contributed by atoms with Crippen molar-refractivity contribution in [3.05, 3.63) is 51.8 Å². The first-order valence-corrected chi connectivity index (χ1v) is 7.47. The van der Waals surface area contributed by atoms with Gasteiger partial charge in [-0.3, -0.25) is 0 Å². The Morgan fingerprint density at radius 1 is 1.05 bits per heavy atom. The fraction of sp³-hybridized carbons (Fsp3) is 0.333. The number of likely N-dealkylation sites (tertiary alicyclic amines) is 1. The monoisotopic (exact) mass is 311 g/mol. The molecule has 0 atom stereocenters. The van der Waals surface area contributed by atoms with Crippen LogP contribution in [-0.4, -0.2) is 18.0 Å². The zero-order chi connectivity index (χ0) is 14.5. The summed E-state index contributed by atoms with van der Waals surface area (Å²) >= 11 is 12.1. The molecule has 5 heteroatoms. The lowest BCUT2D eigenvalue weighted by Gasteiger charge is -2.28. The first-order valence-electron chi connectivity index (χ1n) is 6.71. The standard InChI is InChI=1S/C15H19Cl2N3/c16-11-4-5-13(17)12(10-11)14(18)6-7-15(19)20-8-2-1-3-9-20/h4-7,10H,1-3,8-9,18-19H2/b14-6-,15-7+. The molecule has 1 aliphatic rings. The Kier molecular flexibility index (Phi) is 5.21. The van der Waals surface area contributed by atoms with Gasteiger partial charge in [0.1, 0.15) is 0 Å². The molecular weight excluding hydrogens is 293 g/mol. The van der Waals surface area contributed by atoms with Crippen LogP contribution < -0.4 is 11.5 Å². The van der Waals surface area contributed by atoms with Gasteiger partial charge in [-0.05, 0) is 49.6 Å². The molecule has 0 saturated carbocycles. The highest BCUT2D eigenvalue weighted by Gasteiger charge is 2.10. The van der Waals surface area contributed by atoms with Gasteiger partial charge in [-0.1, -0.05) is 23.2 Å². The van der Waals surface area contributed by atoms with E-state index in [1.165, 1.54) is 19.3 Å². The molecule has 0 bridgehead atoms. The molecule has 20 heavy (non-hydrogen) atoms. The van der Waals surface area contributed by atoms with Crippen LogP contribution in [0.2, 0.25) is 10.0 Å². The van der Waals surface area contributed by atoms with Gasteiger partial charge in [0.05, 0.1) is 5.82 Å². The van der Waals surface area contributed by atoms with Crippen molar-refractivity contribution in [1.82, 2.24) is 4.90 Å². The SMILES string of the molecule is N/C(=C\C=C(/N)N1CCCCC1)c1cc(Cl)ccc1Cl. The number of nitrogens with two attached hydrogens (primary N) is 2. The lowest BCUT2D eigenvalue weighted by Crippen LogP contribution is -2.32. The van der Waals surface area contributed by atoms with Crippen LogP contribution in [0.3, 0.4) is 0 Å². The molecule has 0 amide bonds. The molecule has 108 valence electrons. The minimum atomic E-state index is 0.553. The van der Waals surface area contributed by atoms with Crippen molar-refractivity contribution in [3.8, 4) is 0 Å². The van der Waals surface area contributed by atoms with E-state index in [0.29, 0.717) is 15.7 Å². The summed E-state index contributed by atoms with van der Waals surface area (Å²) in [6.45, 7) is 2.02. The van der Waals surface area contributed by atoms with Gasteiger partial charge in [-0.25, -0.2) is 0 Å². The minimum Gasteiger partial charge on any atom is -0.398 e. The second kappa shape index (κ2) is 6.91. The van der Waals surface area contributed by atoms with Gasteiger partial charge in [0, 0.05) is 34.4 Å². The highest BCUT2D eigenvalue weighted by molar-refractivity contribution is 6.34. The molecular formula is C15H19Cl2N3. The van der Waals surface area contributed by atoms with Gasteiger partial charge < -0.3 is 16.4 Å². The highest BCUT2D eigenvalue weighted by Crippen LogP contribution is 2.24. The van der Waals surface area contributed by atoms with Crippen molar-refractivity contribution in [2.75, 3.05) is 13.1 Å². The van der Waals surface area contributed by atoms with Gasteiger partial charge in [0.2, 0.25) is 0 Å². The van der Waals surface area contributed by atoms with Crippen LogP contribution in [0.15, 0.2) is 36.2 Å². The average Bonchev–Trinajstić information content (AvgIpc) is 2.47. The van der Waals surface area contributed by atoms with E-state index in [4.69, 9.17) is 34.7 Å². The molecule has 3 nitrogen and oxygen atoms in total. The van der Waals surface area contributed by atoms with E-state index in [0.717, 1.165) is 24.5 Å². The molecule has 0 spiro atoms. The summed E-state index contributed by atoms with van der Waals surface area (Å²) in [5.74, 6) is 0.741. The molecule has 0 unspecified atom stereocenters. The normalized spacial score (nSPS) is 17.4. The van der Waals surface area contributed by atoms with Crippen molar-refractivity contribution < 1.29 is 0 Å². The van der Waals surface area contributed by atoms with E-state index in [9.17, 15) is 0 Å². The highest BCUT2D eigenvalue weighted by atomic mass is 35.5. The predicted octanol–water partition coefficient (Wildman–Crippen LogP) is 3.58. The summed E-state index contributed by atoms with van der Waals surface area (Å²) in [5, 5.41) is 1.18. The Morgan fingerprint density at radius 3 is 2.45 bits per heavy atom. The van der Waals surface area contributed by atoms with Gasteiger partial charge in [0.15, 0.2) is 0 Å². The fourth-order valence-corrected chi connectivity index (χ4v) is 2.64. The van der Waals surface area contributed by atoms with Crippen LogP contribution in [0.25, 0.3) is 5.70 Å². The zero-order valence-electron chi connectivity index (χ0n) is 11.3. The number of halogens is 2. The Bertz CT molecular complexity index is 532. The lowest BCUT2D eigenvalue weighted by atomic mass is 10.1. The third-order valence-corrected chi connectivity index (χ3v) is 3.96. The number of nitrogens with zero attached hydrogens (tertiary/aromatic N) is 1. The van der Waals surface area contributed by atoms with Gasteiger partial charge >= 0.3 is 0 Å². The maximum absolute atomic E-state index is 6.11. The Labute approximate surface area is 129 Å².